The molecule has 4 heteroatoms. The number of nitrogens with zero attached hydrogens (tertiary/aromatic N) is 1. The van der Waals surface area contributed by atoms with E-state index in [0.717, 1.165) is 28.5 Å². The lowest BCUT2D eigenvalue weighted by atomic mass is 10.1. The molecule has 3 rings (SSSR count). The summed E-state index contributed by atoms with van der Waals surface area (Å²) in [7, 11) is 1.64. The van der Waals surface area contributed by atoms with Crippen LogP contribution in [-0.4, -0.2) is 24.5 Å². The molecule has 0 atom stereocenters. The van der Waals surface area contributed by atoms with Crippen LogP contribution in [0.1, 0.15) is 21.5 Å². The molecule has 0 unspecified atom stereocenters. The number of hydrogen-bond donors (Lipinski definition) is 1. The fraction of sp³-hybridized carbons (Fsp3) is 0.200. The van der Waals surface area contributed by atoms with Crippen molar-refractivity contribution in [2.24, 2.45) is 0 Å². The Kier molecular flexibility index (Phi) is 5.18. The van der Waals surface area contributed by atoms with E-state index in [0.29, 0.717) is 18.7 Å². The predicted octanol–water partition coefficient (Wildman–Crippen LogP) is 3.35. The van der Waals surface area contributed by atoms with E-state index >= 15 is 0 Å². The van der Waals surface area contributed by atoms with Gasteiger partial charge in [-0.1, -0.05) is 36.4 Å². The van der Waals surface area contributed by atoms with Crippen molar-refractivity contribution in [3.63, 3.8) is 0 Å². The van der Waals surface area contributed by atoms with Crippen LogP contribution in [0.25, 0.3) is 10.9 Å². The second-order valence-electron chi connectivity index (χ2n) is 5.63. The molecule has 24 heavy (non-hydrogen) atoms. The molecule has 0 aliphatic carbocycles. The maximum Gasteiger partial charge on any atom is 0.251 e. The molecule has 1 N–H and O–H groups in total. The lowest BCUT2D eigenvalue weighted by Gasteiger charge is -2.08. The van der Waals surface area contributed by atoms with Crippen molar-refractivity contribution in [2.75, 3.05) is 13.7 Å². The molecular weight excluding hydrogens is 300 g/mol. The molecule has 0 aliphatic heterocycles. The molecular formula is C20H20N2O2. The third-order valence-corrected chi connectivity index (χ3v) is 3.90. The molecule has 0 saturated carbocycles. The molecule has 0 radical (unpaired) electrons. The molecule has 4 nitrogen and oxygen atoms in total. The van der Waals surface area contributed by atoms with Crippen molar-refractivity contribution in [1.29, 1.82) is 0 Å². The van der Waals surface area contributed by atoms with Gasteiger partial charge in [-0.25, -0.2) is 0 Å². The number of carbonyl (C=O) groups is 1. The van der Waals surface area contributed by atoms with Crippen molar-refractivity contribution in [3.05, 3.63) is 77.5 Å². The van der Waals surface area contributed by atoms with Gasteiger partial charge in [-0.15, -0.1) is 0 Å². The smallest absolute Gasteiger partial charge is 0.251 e. The fourth-order valence-corrected chi connectivity index (χ4v) is 2.75. The standard InChI is InChI=1S/C20H20N2O2/c1-24-14-15-5-2-8-18(13-15)20(23)22-12-10-17-7-3-6-16-9-4-11-21-19(16)17/h2-9,11,13H,10,12,14H2,1H3,(H,22,23). The Hall–Kier alpha value is -2.72. The van der Waals surface area contributed by atoms with Crippen molar-refractivity contribution in [1.82, 2.24) is 10.3 Å². The molecule has 0 aliphatic rings. The Balaban J connectivity index is 1.63. The van der Waals surface area contributed by atoms with Crippen LogP contribution in [0.4, 0.5) is 0 Å². The van der Waals surface area contributed by atoms with Crippen LogP contribution < -0.4 is 5.32 Å². The van der Waals surface area contributed by atoms with Gasteiger partial charge in [0.2, 0.25) is 0 Å². The molecule has 122 valence electrons. The summed E-state index contributed by atoms with van der Waals surface area (Å²) in [5.74, 6) is -0.0684. The summed E-state index contributed by atoms with van der Waals surface area (Å²) in [6, 6.07) is 17.6. The molecule has 0 saturated heterocycles. The zero-order valence-corrected chi connectivity index (χ0v) is 13.7. The molecule has 1 aromatic heterocycles. The third-order valence-electron chi connectivity index (χ3n) is 3.90. The summed E-state index contributed by atoms with van der Waals surface area (Å²) in [6.07, 6.45) is 2.55. The number of ether oxygens (including phenoxy) is 1. The van der Waals surface area contributed by atoms with E-state index in [1.54, 1.807) is 13.3 Å². The van der Waals surface area contributed by atoms with E-state index in [1.807, 2.05) is 48.5 Å². The van der Waals surface area contributed by atoms with Gasteiger partial charge in [-0.05, 0) is 35.7 Å². The number of carbonyl (C=O) groups excluding carboxylic acids is 1. The van der Waals surface area contributed by atoms with Crippen molar-refractivity contribution in [3.8, 4) is 0 Å². The highest BCUT2D eigenvalue weighted by molar-refractivity contribution is 5.94. The number of fused-ring (bicyclic) bond motifs is 1. The number of methoxy groups -OCH3 is 1. The second-order valence-corrected chi connectivity index (χ2v) is 5.63. The average Bonchev–Trinajstić information content (AvgIpc) is 2.62. The summed E-state index contributed by atoms with van der Waals surface area (Å²) in [5.41, 5.74) is 3.78. The van der Waals surface area contributed by atoms with Gasteiger partial charge < -0.3 is 10.1 Å². The molecule has 0 fully saturated rings. The Labute approximate surface area is 141 Å². The van der Waals surface area contributed by atoms with Gasteiger partial charge in [-0.3, -0.25) is 9.78 Å². The summed E-state index contributed by atoms with van der Waals surface area (Å²) in [4.78, 5) is 16.7. The number of nitrogens with one attached hydrogen (secondary N) is 1. The van der Waals surface area contributed by atoms with E-state index in [1.165, 1.54) is 0 Å². The molecule has 2 aromatic carbocycles. The number of pyridine rings is 1. The minimum atomic E-state index is -0.0684. The molecule has 0 spiro atoms. The number of para-hydroxylation sites is 1. The Bertz CT molecular complexity index is 840. The van der Waals surface area contributed by atoms with Crippen LogP contribution in [0.5, 0.6) is 0 Å². The number of benzene rings is 2. The SMILES string of the molecule is COCc1cccc(C(=O)NCCc2cccc3cccnc23)c1. The summed E-state index contributed by atoms with van der Waals surface area (Å²) >= 11 is 0. The van der Waals surface area contributed by atoms with Crippen LogP contribution in [0.15, 0.2) is 60.8 Å². The van der Waals surface area contributed by atoms with Gasteiger partial charge in [0.25, 0.3) is 5.91 Å². The minimum Gasteiger partial charge on any atom is -0.380 e. The largest absolute Gasteiger partial charge is 0.380 e. The van der Waals surface area contributed by atoms with E-state index in [-0.39, 0.29) is 5.91 Å². The van der Waals surface area contributed by atoms with Gasteiger partial charge in [0.1, 0.15) is 0 Å². The van der Waals surface area contributed by atoms with E-state index in [2.05, 4.69) is 16.4 Å². The van der Waals surface area contributed by atoms with E-state index in [9.17, 15) is 4.79 Å². The zero-order valence-electron chi connectivity index (χ0n) is 13.7. The topological polar surface area (TPSA) is 51.2 Å². The van der Waals surface area contributed by atoms with Crippen LogP contribution >= 0.6 is 0 Å². The number of aromatic nitrogens is 1. The highest BCUT2D eigenvalue weighted by Gasteiger charge is 2.07. The highest BCUT2D eigenvalue weighted by atomic mass is 16.5. The number of rotatable bonds is 6. The quantitative estimate of drug-likeness (QED) is 0.758. The van der Waals surface area contributed by atoms with E-state index < -0.39 is 0 Å². The maximum atomic E-state index is 12.3. The zero-order chi connectivity index (χ0) is 16.8. The van der Waals surface area contributed by atoms with Crippen LogP contribution in [0, 0.1) is 0 Å². The first kappa shape index (κ1) is 16.1. The number of hydrogen-bond acceptors (Lipinski definition) is 3. The van der Waals surface area contributed by atoms with Crippen LogP contribution in [0.3, 0.4) is 0 Å². The van der Waals surface area contributed by atoms with Gasteiger partial charge in [0.05, 0.1) is 12.1 Å². The summed E-state index contributed by atoms with van der Waals surface area (Å²) in [6.45, 7) is 1.08. The Morgan fingerprint density at radius 1 is 1.12 bits per heavy atom. The monoisotopic (exact) mass is 320 g/mol. The molecule has 0 bridgehead atoms. The lowest BCUT2D eigenvalue weighted by molar-refractivity contribution is 0.0954. The van der Waals surface area contributed by atoms with Crippen LogP contribution in [-0.2, 0) is 17.8 Å². The first-order valence-corrected chi connectivity index (χ1v) is 7.96. The fourth-order valence-electron chi connectivity index (χ4n) is 2.75. The van der Waals surface area contributed by atoms with Gasteiger partial charge in [0, 0.05) is 30.8 Å². The first-order chi connectivity index (χ1) is 11.8. The molecule has 1 amide bonds. The van der Waals surface area contributed by atoms with Gasteiger partial charge in [-0.2, -0.15) is 0 Å². The van der Waals surface area contributed by atoms with Crippen LogP contribution in [0.2, 0.25) is 0 Å². The molecule has 1 heterocycles. The summed E-state index contributed by atoms with van der Waals surface area (Å²) in [5, 5.41) is 4.09. The van der Waals surface area contributed by atoms with Gasteiger partial charge >= 0.3 is 0 Å². The number of amides is 1. The Morgan fingerprint density at radius 3 is 2.83 bits per heavy atom. The van der Waals surface area contributed by atoms with Crippen molar-refractivity contribution < 1.29 is 9.53 Å². The second kappa shape index (κ2) is 7.70. The van der Waals surface area contributed by atoms with E-state index in [4.69, 9.17) is 4.74 Å². The maximum absolute atomic E-state index is 12.3. The van der Waals surface area contributed by atoms with Crippen molar-refractivity contribution >= 4 is 16.8 Å². The highest BCUT2D eigenvalue weighted by Crippen LogP contribution is 2.16. The summed E-state index contributed by atoms with van der Waals surface area (Å²) < 4.78 is 5.10. The lowest BCUT2D eigenvalue weighted by Crippen LogP contribution is -2.25. The normalized spacial score (nSPS) is 10.7. The third kappa shape index (κ3) is 3.78. The average molecular weight is 320 g/mol. The molecule has 3 aromatic rings. The van der Waals surface area contributed by atoms with Crippen molar-refractivity contribution in [2.45, 2.75) is 13.0 Å². The Morgan fingerprint density at radius 2 is 1.96 bits per heavy atom. The first-order valence-electron chi connectivity index (χ1n) is 7.96. The minimum absolute atomic E-state index is 0.0684. The predicted molar refractivity (Wildman–Crippen MR) is 94.9 cm³/mol. The van der Waals surface area contributed by atoms with Gasteiger partial charge in [0.15, 0.2) is 0 Å².